The number of methoxy groups -OCH3 is 1. The van der Waals surface area contributed by atoms with E-state index >= 15 is 0 Å². The van der Waals surface area contributed by atoms with Gasteiger partial charge in [-0.15, -0.1) is 13.2 Å². The predicted octanol–water partition coefficient (Wildman–Crippen LogP) is 3.64. The summed E-state index contributed by atoms with van der Waals surface area (Å²) >= 11 is 0. The quantitative estimate of drug-likeness (QED) is 0.937. The van der Waals surface area contributed by atoms with Gasteiger partial charge in [-0.2, -0.15) is 0 Å². The normalized spacial score (nSPS) is 12.8. The van der Waals surface area contributed by atoms with Crippen LogP contribution in [0.3, 0.4) is 0 Å². The summed E-state index contributed by atoms with van der Waals surface area (Å²) in [7, 11) is 1.55. The van der Waals surface area contributed by atoms with E-state index in [2.05, 4.69) is 4.74 Å². The maximum Gasteiger partial charge on any atom is 0.573 e. The number of rotatable bonds is 4. The summed E-state index contributed by atoms with van der Waals surface area (Å²) in [6.45, 7) is 0. The number of hydrogen-bond donors (Lipinski definition) is 1. The lowest BCUT2D eigenvalue weighted by molar-refractivity contribution is -0.274. The highest BCUT2D eigenvalue weighted by Gasteiger charge is 2.31. The molecule has 0 aliphatic rings. The predicted molar refractivity (Wildman–Crippen MR) is 72.1 cm³/mol. The molecule has 0 aliphatic carbocycles. The average Bonchev–Trinajstić information content (AvgIpc) is 2.46. The Balaban J connectivity index is 2.17. The SMILES string of the molecule is COc1cccc([C@@H](N)c2ccc(OC(F)(F)F)cc2)c1. The first kappa shape index (κ1) is 15.2. The molecule has 3 nitrogen and oxygen atoms in total. The van der Waals surface area contributed by atoms with Gasteiger partial charge in [-0.3, -0.25) is 0 Å². The van der Waals surface area contributed by atoms with Gasteiger partial charge in [0.25, 0.3) is 0 Å². The lowest BCUT2D eigenvalue weighted by atomic mass is 9.99. The fourth-order valence-electron chi connectivity index (χ4n) is 1.90. The smallest absolute Gasteiger partial charge is 0.497 e. The summed E-state index contributed by atoms with van der Waals surface area (Å²) < 4.78 is 45.2. The first-order valence-electron chi connectivity index (χ1n) is 6.14. The fraction of sp³-hybridized carbons (Fsp3) is 0.200. The average molecular weight is 297 g/mol. The second-order valence-corrected chi connectivity index (χ2v) is 4.37. The van der Waals surface area contributed by atoms with Crippen LogP contribution in [0, 0.1) is 0 Å². The highest BCUT2D eigenvalue weighted by Crippen LogP contribution is 2.27. The highest BCUT2D eigenvalue weighted by molar-refractivity contribution is 5.38. The van der Waals surface area contributed by atoms with Crippen molar-refractivity contribution >= 4 is 0 Å². The summed E-state index contributed by atoms with van der Waals surface area (Å²) in [6.07, 6.45) is -4.70. The molecular formula is C15H14F3NO2. The third-order valence-corrected chi connectivity index (χ3v) is 2.93. The molecule has 2 aromatic rings. The summed E-state index contributed by atoms with van der Waals surface area (Å²) in [5.41, 5.74) is 7.58. The van der Waals surface area contributed by atoms with Crippen molar-refractivity contribution in [3.8, 4) is 11.5 Å². The van der Waals surface area contributed by atoms with Crippen LogP contribution in [0.15, 0.2) is 48.5 Å². The molecule has 1 atom stereocenters. The van der Waals surface area contributed by atoms with Gasteiger partial charge in [-0.1, -0.05) is 24.3 Å². The van der Waals surface area contributed by atoms with Crippen molar-refractivity contribution < 1.29 is 22.6 Å². The van der Waals surface area contributed by atoms with E-state index in [1.165, 1.54) is 24.3 Å². The molecule has 2 aromatic carbocycles. The summed E-state index contributed by atoms with van der Waals surface area (Å²) in [5, 5.41) is 0. The van der Waals surface area contributed by atoms with Gasteiger partial charge in [0.2, 0.25) is 0 Å². The molecule has 0 radical (unpaired) electrons. The second-order valence-electron chi connectivity index (χ2n) is 4.37. The van der Waals surface area contributed by atoms with Gasteiger partial charge >= 0.3 is 6.36 Å². The first-order chi connectivity index (χ1) is 9.89. The van der Waals surface area contributed by atoms with E-state index in [1.54, 1.807) is 25.3 Å². The molecule has 0 aromatic heterocycles. The van der Waals surface area contributed by atoms with Gasteiger partial charge in [0.15, 0.2) is 0 Å². The molecule has 0 fully saturated rings. The van der Waals surface area contributed by atoms with Crippen LogP contribution in [-0.2, 0) is 0 Å². The van der Waals surface area contributed by atoms with Crippen LogP contribution in [0.25, 0.3) is 0 Å². The number of benzene rings is 2. The van der Waals surface area contributed by atoms with Gasteiger partial charge in [0, 0.05) is 0 Å². The third kappa shape index (κ3) is 4.13. The van der Waals surface area contributed by atoms with Gasteiger partial charge < -0.3 is 15.2 Å². The zero-order valence-corrected chi connectivity index (χ0v) is 11.2. The third-order valence-electron chi connectivity index (χ3n) is 2.93. The number of nitrogens with two attached hydrogens (primary N) is 1. The van der Waals surface area contributed by atoms with Gasteiger partial charge in [-0.05, 0) is 35.4 Å². The molecular weight excluding hydrogens is 283 g/mol. The Kier molecular flexibility index (Phi) is 4.37. The Labute approximate surface area is 120 Å². The Morgan fingerprint density at radius 3 is 2.19 bits per heavy atom. The van der Waals surface area contributed by atoms with Crippen molar-refractivity contribution in [2.24, 2.45) is 5.73 Å². The van der Waals surface area contributed by atoms with E-state index in [0.29, 0.717) is 11.3 Å². The Morgan fingerprint density at radius 2 is 1.62 bits per heavy atom. The lowest BCUT2D eigenvalue weighted by Gasteiger charge is -2.15. The molecule has 0 heterocycles. The van der Waals surface area contributed by atoms with Crippen LogP contribution in [0.2, 0.25) is 0 Å². The molecule has 112 valence electrons. The van der Waals surface area contributed by atoms with Crippen LogP contribution in [0.5, 0.6) is 11.5 Å². The van der Waals surface area contributed by atoms with E-state index in [-0.39, 0.29) is 5.75 Å². The molecule has 0 spiro atoms. The standard InChI is InChI=1S/C15H14F3NO2/c1-20-13-4-2-3-11(9-13)14(19)10-5-7-12(8-6-10)21-15(16,17)18/h2-9,14H,19H2,1H3/t14-/m0/s1. The molecule has 0 unspecified atom stereocenters. The molecule has 21 heavy (non-hydrogen) atoms. The van der Waals surface area contributed by atoms with Crippen LogP contribution in [-0.4, -0.2) is 13.5 Å². The van der Waals surface area contributed by atoms with Gasteiger partial charge in [0.1, 0.15) is 11.5 Å². The second kappa shape index (κ2) is 6.05. The minimum absolute atomic E-state index is 0.274. The Morgan fingerprint density at radius 1 is 0.952 bits per heavy atom. The van der Waals surface area contributed by atoms with Crippen LogP contribution >= 0.6 is 0 Å². The molecule has 2 rings (SSSR count). The minimum atomic E-state index is -4.70. The highest BCUT2D eigenvalue weighted by atomic mass is 19.4. The molecule has 0 saturated carbocycles. The summed E-state index contributed by atoms with van der Waals surface area (Å²) in [4.78, 5) is 0. The van der Waals surface area contributed by atoms with Crippen molar-refractivity contribution in [1.29, 1.82) is 0 Å². The van der Waals surface area contributed by atoms with Crippen LogP contribution < -0.4 is 15.2 Å². The maximum atomic E-state index is 12.1. The van der Waals surface area contributed by atoms with E-state index in [1.807, 2.05) is 6.07 Å². The van der Waals surface area contributed by atoms with Crippen LogP contribution in [0.1, 0.15) is 17.2 Å². The zero-order valence-electron chi connectivity index (χ0n) is 11.2. The monoisotopic (exact) mass is 297 g/mol. The van der Waals surface area contributed by atoms with Crippen LogP contribution in [0.4, 0.5) is 13.2 Å². The summed E-state index contributed by atoms with van der Waals surface area (Å²) in [5.74, 6) is 0.393. The van der Waals surface area contributed by atoms with Crippen molar-refractivity contribution in [2.75, 3.05) is 7.11 Å². The van der Waals surface area contributed by atoms with E-state index in [4.69, 9.17) is 10.5 Å². The number of hydrogen-bond acceptors (Lipinski definition) is 3. The number of ether oxygens (including phenoxy) is 2. The van der Waals surface area contributed by atoms with Gasteiger partial charge in [-0.25, -0.2) is 0 Å². The van der Waals surface area contributed by atoms with E-state index < -0.39 is 12.4 Å². The molecule has 6 heteroatoms. The van der Waals surface area contributed by atoms with Crippen molar-refractivity contribution in [2.45, 2.75) is 12.4 Å². The largest absolute Gasteiger partial charge is 0.573 e. The minimum Gasteiger partial charge on any atom is -0.497 e. The Bertz CT molecular complexity index is 597. The lowest BCUT2D eigenvalue weighted by Crippen LogP contribution is -2.17. The van der Waals surface area contributed by atoms with E-state index in [0.717, 1.165) is 5.56 Å². The van der Waals surface area contributed by atoms with Crippen molar-refractivity contribution in [3.63, 3.8) is 0 Å². The van der Waals surface area contributed by atoms with Crippen molar-refractivity contribution in [3.05, 3.63) is 59.7 Å². The zero-order chi connectivity index (χ0) is 15.5. The van der Waals surface area contributed by atoms with Gasteiger partial charge in [0.05, 0.1) is 13.2 Å². The molecule has 2 N–H and O–H groups in total. The molecule has 0 bridgehead atoms. The topological polar surface area (TPSA) is 44.5 Å². The van der Waals surface area contributed by atoms with Crippen molar-refractivity contribution in [1.82, 2.24) is 0 Å². The Hall–Kier alpha value is -2.21. The molecule has 0 amide bonds. The number of alkyl halides is 3. The molecule has 0 saturated heterocycles. The molecule has 0 aliphatic heterocycles. The summed E-state index contributed by atoms with van der Waals surface area (Å²) in [6, 6.07) is 12.2. The fourth-order valence-corrected chi connectivity index (χ4v) is 1.90. The maximum absolute atomic E-state index is 12.1. The number of halogens is 3. The van der Waals surface area contributed by atoms with E-state index in [9.17, 15) is 13.2 Å². The first-order valence-corrected chi connectivity index (χ1v) is 6.14.